The first-order chi connectivity index (χ1) is 16.1. The van der Waals surface area contributed by atoms with Gasteiger partial charge in [0, 0.05) is 56.5 Å². The lowest BCUT2D eigenvalue weighted by Crippen LogP contribution is -2.51. The summed E-state index contributed by atoms with van der Waals surface area (Å²) < 4.78 is 11.2. The average molecular weight is 472 g/mol. The fourth-order valence-electron chi connectivity index (χ4n) is 4.10. The fraction of sp³-hybridized carbons (Fsp3) is 0.440. The van der Waals surface area contributed by atoms with Crippen molar-refractivity contribution in [2.75, 3.05) is 45.9 Å². The first kappa shape index (κ1) is 23.5. The fourth-order valence-corrected chi connectivity index (χ4v) is 4.23. The molecule has 1 unspecified atom stereocenters. The van der Waals surface area contributed by atoms with E-state index in [0.29, 0.717) is 42.1 Å². The minimum absolute atomic E-state index is 0.163. The standard InChI is InChI=1S/C25H30ClN3O4/c26-21-7-3-19(4-8-21)11-12-27-24(30)20-5-9-22(10-6-20)33-25(31)29-15-13-28(14-16-29)18-23-2-1-17-32-23/h3-10,23H,1-2,11-18H2,(H,27,30). The third kappa shape index (κ3) is 6.93. The van der Waals surface area contributed by atoms with Crippen LogP contribution < -0.4 is 10.1 Å². The van der Waals surface area contributed by atoms with Gasteiger partial charge in [0.1, 0.15) is 5.75 Å². The van der Waals surface area contributed by atoms with Crippen molar-refractivity contribution in [1.29, 1.82) is 0 Å². The zero-order chi connectivity index (χ0) is 23.0. The maximum absolute atomic E-state index is 12.5. The van der Waals surface area contributed by atoms with Crippen molar-refractivity contribution in [2.24, 2.45) is 0 Å². The quantitative estimate of drug-likeness (QED) is 0.668. The SMILES string of the molecule is O=C(NCCc1ccc(Cl)cc1)c1ccc(OC(=O)N2CCN(CC3CCCO3)CC2)cc1. The van der Waals surface area contributed by atoms with Gasteiger partial charge in [-0.3, -0.25) is 9.69 Å². The Morgan fingerprint density at radius 2 is 1.76 bits per heavy atom. The van der Waals surface area contributed by atoms with Crippen molar-refractivity contribution in [3.8, 4) is 5.75 Å². The Balaban J connectivity index is 1.18. The molecule has 1 N–H and O–H groups in total. The minimum Gasteiger partial charge on any atom is -0.410 e. The summed E-state index contributed by atoms with van der Waals surface area (Å²) in [6.07, 6.45) is 2.96. The number of halogens is 1. The predicted octanol–water partition coefficient (Wildman–Crippen LogP) is 3.61. The molecule has 8 heteroatoms. The van der Waals surface area contributed by atoms with Crippen LogP contribution >= 0.6 is 11.6 Å². The van der Waals surface area contributed by atoms with Crippen LogP contribution in [0.4, 0.5) is 4.79 Å². The number of carbonyl (C=O) groups is 2. The van der Waals surface area contributed by atoms with Crippen molar-refractivity contribution in [1.82, 2.24) is 15.1 Å². The van der Waals surface area contributed by atoms with E-state index in [1.807, 2.05) is 24.3 Å². The van der Waals surface area contributed by atoms with E-state index in [4.69, 9.17) is 21.1 Å². The topological polar surface area (TPSA) is 71.1 Å². The van der Waals surface area contributed by atoms with Crippen molar-refractivity contribution >= 4 is 23.6 Å². The van der Waals surface area contributed by atoms with Crippen LogP contribution in [0.3, 0.4) is 0 Å². The average Bonchev–Trinajstić information content (AvgIpc) is 3.34. The summed E-state index contributed by atoms with van der Waals surface area (Å²) in [5, 5.41) is 3.60. The third-order valence-electron chi connectivity index (χ3n) is 6.05. The van der Waals surface area contributed by atoms with Crippen LogP contribution in [0, 0.1) is 0 Å². The van der Waals surface area contributed by atoms with Gasteiger partial charge in [-0.2, -0.15) is 0 Å². The number of nitrogens with one attached hydrogen (secondary N) is 1. The second-order valence-corrected chi connectivity index (χ2v) is 8.88. The molecular formula is C25H30ClN3O4. The maximum atomic E-state index is 12.5. The molecule has 0 radical (unpaired) electrons. The minimum atomic E-state index is -0.355. The normalized spacial score (nSPS) is 18.8. The van der Waals surface area contributed by atoms with Crippen LogP contribution in [-0.4, -0.2) is 73.8 Å². The summed E-state index contributed by atoms with van der Waals surface area (Å²) in [6, 6.07) is 14.2. The number of hydrogen-bond donors (Lipinski definition) is 1. The molecule has 0 bridgehead atoms. The second-order valence-electron chi connectivity index (χ2n) is 8.45. The summed E-state index contributed by atoms with van der Waals surface area (Å²) in [5.74, 6) is 0.267. The molecule has 2 saturated heterocycles. The monoisotopic (exact) mass is 471 g/mol. The van der Waals surface area contributed by atoms with E-state index in [2.05, 4.69) is 10.2 Å². The van der Waals surface area contributed by atoms with Gasteiger partial charge < -0.3 is 19.7 Å². The molecule has 2 amide bonds. The molecule has 0 saturated carbocycles. The molecule has 7 nitrogen and oxygen atoms in total. The highest BCUT2D eigenvalue weighted by Gasteiger charge is 2.25. The highest BCUT2D eigenvalue weighted by atomic mass is 35.5. The molecule has 33 heavy (non-hydrogen) atoms. The molecule has 4 rings (SSSR count). The van der Waals surface area contributed by atoms with Gasteiger partial charge in [0.25, 0.3) is 5.91 Å². The van der Waals surface area contributed by atoms with Gasteiger partial charge in [-0.05, 0) is 61.2 Å². The van der Waals surface area contributed by atoms with Gasteiger partial charge >= 0.3 is 6.09 Å². The number of piperazine rings is 1. The number of nitrogens with zero attached hydrogens (tertiary/aromatic N) is 2. The number of amides is 2. The molecule has 2 aromatic rings. The molecule has 2 fully saturated rings. The summed E-state index contributed by atoms with van der Waals surface area (Å²) in [7, 11) is 0. The number of ether oxygens (including phenoxy) is 2. The Bertz CT molecular complexity index is 922. The van der Waals surface area contributed by atoms with Gasteiger partial charge in [0.2, 0.25) is 0 Å². The molecule has 2 aliphatic rings. The summed E-state index contributed by atoms with van der Waals surface area (Å²) in [6.45, 7) is 5.25. The first-order valence-corrected chi connectivity index (χ1v) is 11.9. The largest absolute Gasteiger partial charge is 0.415 e. The van der Waals surface area contributed by atoms with E-state index in [-0.39, 0.29) is 12.0 Å². The highest BCUT2D eigenvalue weighted by Crippen LogP contribution is 2.17. The van der Waals surface area contributed by atoms with Crippen LogP contribution in [0.15, 0.2) is 48.5 Å². The molecule has 2 aliphatic heterocycles. The predicted molar refractivity (Wildman–Crippen MR) is 127 cm³/mol. The molecule has 176 valence electrons. The molecular weight excluding hydrogens is 442 g/mol. The summed E-state index contributed by atoms with van der Waals surface area (Å²) in [4.78, 5) is 28.9. The van der Waals surface area contributed by atoms with E-state index in [1.54, 1.807) is 29.2 Å². The molecule has 2 heterocycles. The molecule has 2 aromatic carbocycles. The Morgan fingerprint density at radius 1 is 1.03 bits per heavy atom. The summed E-state index contributed by atoms with van der Waals surface area (Å²) in [5.41, 5.74) is 1.63. The smallest absolute Gasteiger partial charge is 0.410 e. The Hall–Kier alpha value is -2.61. The third-order valence-corrected chi connectivity index (χ3v) is 6.30. The lowest BCUT2D eigenvalue weighted by molar-refractivity contribution is 0.0516. The second kappa shape index (κ2) is 11.5. The van der Waals surface area contributed by atoms with Crippen LogP contribution in [0.1, 0.15) is 28.8 Å². The molecule has 0 aromatic heterocycles. The summed E-state index contributed by atoms with van der Waals surface area (Å²) >= 11 is 5.89. The zero-order valence-corrected chi connectivity index (χ0v) is 19.4. The van der Waals surface area contributed by atoms with E-state index >= 15 is 0 Å². The molecule has 0 aliphatic carbocycles. The van der Waals surface area contributed by atoms with Crippen LogP contribution in [0.5, 0.6) is 5.75 Å². The Labute approximate surface area is 199 Å². The lowest BCUT2D eigenvalue weighted by Gasteiger charge is -2.35. The molecule has 1 atom stereocenters. The van der Waals surface area contributed by atoms with E-state index in [1.165, 1.54) is 0 Å². The van der Waals surface area contributed by atoms with Crippen LogP contribution in [0.2, 0.25) is 5.02 Å². The van der Waals surface area contributed by atoms with Crippen molar-refractivity contribution in [3.05, 3.63) is 64.7 Å². The van der Waals surface area contributed by atoms with Crippen molar-refractivity contribution < 1.29 is 19.1 Å². The van der Waals surface area contributed by atoms with Crippen molar-refractivity contribution in [2.45, 2.75) is 25.4 Å². The van der Waals surface area contributed by atoms with E-state index in [0.717, 1.165) is 51.1 Å². The van der Waals surface area contributed by atoms with Gasteiger partial charge in [-0.15, -0.1) is 0 Å². The Morgan fingerprint density at radius 3 is 2.42 bits per heavy atom. The number of rotatable bonds is 7. The Kier molecular flexibility index (Phi) is 8.20. The highest BCUT2D eigenvalue weighted by molar-refractivity contribution is 6.30. The molecule has 0 spiro atoms. The van der Waals surface area contributed by atoms with E-state index in [9.17, 15) is 9.59 Å². The van der Waals surface area contributed by atoms with Gasteiger partial charge in [-0.1, -0.05) is 23.7 Å². The number of benzene rings is 2. The van der Waals surface area contributed by atoms with Crippen LogP contribution in [0.25, 0.3) is 0 Å². The number of carbonyl (C=O) groups excluding carboxylic acids is 2. The van der Waals surface area contributed by atoms with E-state index < -0.39 is 0 Å². The number of hydrogen-bond acceptors (Lipinski definition) is 5. The zero-order valence-electron chi connectivity index (χ0n) is 18.7. The van der Waals surface area contributed by atoms with Gasteiger partial charge in [-0.25, -0.2) is 4.79 Å². The first-order valence-electron chi connectivity index (χ1n) is 11.5. The van der Waals surface area contributed by atoms with Gasteiger partial charge in [0.15, 0.2) is 0 Å². The van der Waals surface area contributed by atoms with Crippen molar-refractivity contribution in [3.63, 3.8) is 0 Å². The van der Waals surface area contributed by atoms with Crippen LogP contribution in [-0.2, 0) is 11.2 Å². The van der Waals surface area contributed by atoms with Gasteiger partial charge in [0.05, 0.1) is 6.10 Å². The maximum Gasteiger partial charge on any atom is 0.415 e. The lowest BCUT2D eigenvalue weighted by atomic mass is 10.1.